The molecular formula is C23H18ClN5O3. The molecule has 2 aromatic heterocycles. The van der Waals surface area contributed by atoms with E-state index in [2.05, 4.69) is 15.4 Å². The Morgan fingerprint density at radius 2 is 1.66 bits per heavy atom. The number of aromatic nitrogens is 4. The van der Waals surface area contributed by atoms with Gasteiger partial charge in [-0.25, -0.2) is 4.79 Å². The lowest BCUT2D eigenvalue weighted by molar-refractivity contribution is 0.0940. The Labute approximate surface area is 187 Å². The molecular weight excluding hydrogens is 430 g/mol. The van der Waals surface area contributed by atoms with Crippen molar-refractivity contribution < 1.29 is 4.79 Å². The van der Waals surface area contributed by atoms with Gasteiger partial charge >= 0.3 is 5.69 Å². The second-order valence-corrected chi connectivity index (χ2v) is 7.27. The minimum atomic E-state index is -0.805. The maximum Gasteiger partial charge on any atom is 0.352 e. The lowest BCUT2D eigenvalue weighted by atomic mass is 10.2. The summed E-state index contributed by atoms with van der Waals surface area (Å²) in [5, 5.41) is 7.13. The van der Waals surface area contributed by atoms with Gasteiger partial charge in [-0.15, -0.1) is 0 Å². The monoisotopic (exact) mass is 447 g/mol. The summed E-state index contributed by atoms with van der Waals surface area (Å²) < 4.78 is 1.99. The SMILES string of the molecule is O=C(NCc1ccccn1)c1nn(-c2ccccc2)c(=O)n(Cc2ccccc2Cl)c1=O. The number of pyridine rings is 1. The summed E-state index contributed by atoms with van der Waals surface area (Å²) in [6.07, 6.45) is 1.60. The molecule has 0 aliphatic heterocycles. The van der Waals surface area contributed by atoms with Crippen LogP contribution in [-0.4, -0.2) is 25.2 Å². The van der Waals surface area contributed by atoms with E-state index in [9.17, 15) is 14.4 Å². The molecule has 2 heterocycles. The smallest absolute Gasteiger partial charge is 0.345 e. The molecule has 160 valence electrons. The Bertz CT molecular complexity index is 1370. The van der Waals surface area contributed by atoms with Crippen LogP contribution >= 0.6 is 11.6 Å². The maximum atomic E-state index is 13.1. The first-order valence-corrected chi connectivity index (χ1v) is 10.1. The molecule has 0 spiro atoms. The van der Waals surface area contributed by atoms with Gasteiger partial charge in [-0.3, -0.25) is 19.1 Å². The molecule has 0 radical (unpaired) electrons. The van der Waals surface area contributed by atoms with Crippen molar-refractivity contribution in [1.29, 1.82) is 0 Å². The van der Waals surface area contributed by atoms with Gasteiger partial charge in [-0.2, -0.15) is 9.78 Å². The van der Waals surface area contributed by atoms with Crippen LogP contribution in [0.3, 0.4) is 0 Å². The van der Waals surface area contributed by atoms with Crippen LogP contribution in [0.25, 0.3) is 5.69 Å². The van der Waals surface area contributed by atoms with E-state index in [-0.39, 0.29) is 13.1 Å². The minimum absolute atomic E-state index is 0.104. The summed E-state index contributed by atoms with van der Waals surface area (Å²) >= 11 is 6.23. The van der Waals surface area contributed by atoms with Gasteiger partial charge in [0.05, 0.1) is 24.5 Å². The molecule has 1 N–H and O–H groups in total. The normalized spacial score (nSPS) is 10.7. The summed E-state index contributed by atoms with van der Waals surface area (Å²) in [7, 11) is 0. The standard InChI is InChI=1S/C23H18ClN5O3/c24-19-12-5-4-8-16(19)15-28-22(31)20(21(30)26-14-17-9-6-7-13-25-17)27-29(23(28)32)18-10-2-1-3-11-18/h1-13H,14-15H2,(H,26,30). The first-order valence-electron chi connectivity index (χ1n) is 9.75. The maximum absolute atomic E-state index is 13.1. The Morgan fingerprint density at radius 1 is 0.938 bits per heavy atom. The number of hydrogen-bond acceptors (Lipinski definition) is 5. The van der Waals surface area contributed by atoms with Gasteiger partial charge < -0.3 is 5.32 Å². The number of halogens is 1. The topological polar surface area (TPSA) is 98.9 Å². The molecule has 0 aliphatic rings. The Hall–Kier alpha value is -4.04. The van der Waals surface area contributed by atoms with Crippen LogP contribution in [0.4, 0.5) is 0 Å². The number of para-hydroxylation sites is 1. The van der Waals surface area contributed by atoms with Gasteiger partial charge in [0, 0.05) is 11.2 Å². The van der Waals surface area contributed by atoms with E-state index in [1.807, 2.05) is 0 Å². The van der Waals surface area contributed by atoms with Gasteiger partial charge in [-0.1, -0.05) is 54.1 Å². The van der Waals surface area contributed by atoms with E-state index in [0.29, 0.717) is 22.0 Å². The van der Waals surface area contributed by atoms with Crippen molar-refractivity contribution in [3.63, 3.8) is 0 Å². The molecule has 2 aromatic carbocycles. The lowest BCUT2D eigenvalue weighted by Crippen LogP contribution is -2.46. The van der Waals surface area contributed by atoms with Crippen molar-refractivity contribution in [2.24, 2.45) is 0 Å². The predicted molar refractivity (Wildman–Crippen MR) is 120 cm³/mol. The summed E-state index contributed by atoms with van der Waals surface area (Å²) in [5.74, 6) is -0.710. The van der Waals surface area contributed by atoms with Crippen LogP contribution in [0.2, 0.25) is 5.02 Å². The number of hydrogen-bond donors (Lipinski definition) is 1. The third-order valence-electron chi connectivity index (χ3n) is 4.72. The van der Waals surface area contributed by atoms with Gasteiger partial charge in [0.15, 0.2) is 0 Å². The zero-order valence-electron chi connectivity index (χ0n) is 16.8. The van der Waals surface area contributed by atoms with Gasteiger partial charge in [-0.05, 0) is 35.9 Å². The van der Waals surface area contributed by atoms with Crippen molar-refractivity contribution in [1.82, 2.24) is 24.6 Å². The van der Waals surface area contributed by atoms with Crippen LogP contribution in [0.15, 0.2) is 88.6 Å². The highest BCUT2D eigenvalue weighted by Gasteiger charge is 2.21. The van der Waals surface area contributed by atoms with E-state index in [1.54, 1.807) is 79.0 Å². The van der Waals surface area contributed by atoms with Crippen LogP contribution in [0.1, 0.15) is 21.7 Å². The Balaban J connectivity index is 1.78. The number of benzene rings is 2. The molecule has 0 bridgehead atoms. The molecule has 0 atom stereocenters. The summed E-state index contributed by atoms with van der Waals surface area (Å²) in [6.45, 7) is 0.00296. The summed E-state index contributed by atoms with van der Waals surface area (Å²) in [6, 6.07) is 20.7. The third-order valence-corrected chi connectivity index (χ3v) is 5.09. The molecule has 4 rings (SSSR count). The fourth-order valence-electron chi connectivity index (χ4n) is 3.09. The van der Waals surface area contributed by atoms with Gasteiger partial charge in [0.1, 0.15) is 0 Å². The molecule has 0 unspecified atom stereocenters. The van der Waals surface area contributed by atoms with E-state index in [0.717, 1.165) is 9.25 Å². The van der Waals surface area contributed by atoms with Crippen LogP contribution in [0.5, 0.6) is 0 Å². The zero-order valence-corrected chi connectivity index (χ0v) is 17.6. The highest BCUT2D eigenvalue weighted by atomic mass is 35.5. The van der Waals surface area contributed by atoms with Crippen LogP contribution in [0, 0.1) is 0 Å². The van der Waals surface area contributed by atoms with Crippen molar-refractivity contribution >= 4 is 17.5 Å². The summed E-state index contributed by atoms with van der Waals surface area (Å²) in [5.41, 5.74) is -0.281. The number of rotatable bonds is 6. The first kappa shape index (κ1) is 21.2. The fourth-order valence-corrected chi connectivity index (χ4v) is 3.28. The molecule has 0 aliphatic carbocycles. The first-order chi connectivity index (χ1) is 15.5. The number of nitrogens with one attached hydrogen (secondary N) is 1. The molecule has 0 saturated heterocycles. The molecule has 9 heteroatoms. The lowest BCUT2D eigenvalue weighted by Gasteiger charge is -2.13. The molecule has 1 amide bonds. The van der Waals surface area contributed by atoms with E-state index >= 15 is 0 Å². The number of carbonyl (C=O) groups is 1. The molecule has 32 heavy (non-hydrogen) atoms. The zero-order chi connectivity index (χ0) is 22.5. The fraction of sp³-hybridized carbons (Fsp3) is 0.0870. The van der Waals surface area contributed by atoms with Crippen molar-refractivity contribution in [3.8, 4) is 5.69 Å². The van der Waals surface area contributed by atoms with E-state index in [1.165, 1.54) is 0 Å². The van der Waals surface area contributed by atoms with Crippen molar-refractivity contribution in [3.05, 3.63) is 122 Å². The second kappa shape index (κ2) is 9.40. The van der Waals surface area contributed by atoms with Crippen LogP contribution in [-0.2, 0) is 13.1 Å². The number of nitrogens with zero attached hydrogens (tertiary/aromatic N) is 4. The average molecular weight is 448 g/mol. The number of amides is 1. The van der Waals surface area contributed by atoms with E-state index < -0.39 is 22.9 Å². The van der Waals surface area contributed by atoms with Crippen LogP contribution < -0.4 is 16.6 Å². The highest BCUT2D eigenvalue weighted by molar-refractivity contribution is 6.31. The number of carbonyl (C=O) groups excluding carboxylic acids is 1. The van der Waals surface area contributed by atoms with Crippen molar-refractivity contribution in [2.75, 3.05) is 0 Å². The highest BCUT2D eigenvalue weighted by Crippen LogP contribution is 2.15. The van der Waals surface area contributed by atoms with E-state index in [4.69, 9.17) is 11.6 Å². The van der Waals surface area contributed by atoms with Gasteiger partial charge in [0.2, 0.25) is 5.69 Å². The second-order valence-electron chi connectivity index (χ2n) is 6.86. The van der Waals surface area contributed by atoms with Gasteiger partial charge in [0.25, 0.3) is 11.5 Å². The largest absolute Gasteiger partial charge is 0.352 e. The quantitative estimate of drug-likeness (QED) is 0.489. The summed E-state index contributed by atoms with van der Waals surface area (Å²) in [4.78, 5) is 43.2. The average Bonchev–Trinajstić information content (AvgIpc) is 2.82. The molecule has 4 aromatic rings. The Kier molecular flexibility index (Phi) is 6.23. The van der Waals surface area contributed by atoms with Crippen molar-refractivity contribution in [2.45, 2.75) is 13.1 Å². The predicted octanol–water partition coefficient (Wildman–Crippen LogP) is 2.42. The Morgan fingerprint density at radius 3 is 2.38 bits per heavy atom. The molecule has 0 saturated carbocycles. The third kappa shape index (κ3) is 4.50. The molecule has 8 nitrogen and oxygen atoms in total. The molecule has 0 fully saturated rings. The minimum Gasteiger partial charge on any atom is -0.345 e.